The molecule has 1 aromatic heterocycles. The molecule has 0 N–H and O–H groups in total. The Bertz CT molecular complexity index is 623. The number of Topliss-reactive ketones (excluding diaryl/α,β-unsaturated/α-hetero) is 1. The Kier molecular flexibility index (Phi) is 3.52. The second-order valence-electron chi connectivity index (χ2n) is 5.72. The Morgan fingerprint density at radius 3 is 2.74 bits per heavy atom. The van der Waals surface area contributed by atoms with Crippen molar-refractivity contribution in [3.05, 3.63) is 33.6 Å². The van der Waals surface area contributed by atoms with Gasteiger partial charge in [-0.1, -0.05) is 38.3 Å². The van der Waals surface area contributed by atoms with Gasteiger partial charge in [0.1, 0.15) is 0 Å². The van der Waals surface area contributed by atoms with E-state index in [4.69, 9.17) is 0 Å². The van der Waals surface area contributed by atoms with Crippen LogP contribution in [0.4, 0.5) is 0 Å². The summed E-state index contributed by atoms with van der Waals surface area (Å²) in [5.41, 5.74) is 0.778. The Morgan fingerprint density at radius 1 is 1.26 bits per heavy atom. The van der Waals surface area contributed by atoms with Crippen LogP contribution in [-0.2, 0) is 0 Å². The molecule has 1 fully saturated rings. The van der Waals surface area contributed by atoms with Crippen LogP contribution in [0.3, 0.4) is 0 Å². The van der Waals surface area contributed by atoms with Crippen LogP contribution in [0.25, 0.3) is 10.1 Å². The van der Waals surface area contributed by atoms with E-state index < -0.39 is 0 Å². The number of thiophene rings is 1. The SMILES string of the molecule is CC1(C(=O)c2csc3c(Br)cccc23)CCCCC1. The highest BCUT2D eigenvalue weighted by atomic mass is 79.9. The molecular weight excluding hydrogens is 320 g/mol. The van der Waals surface area contributed by atoms with Crippen molar-refractivity contribution < 1.29 is 4.79 Å². The number of carbonyl (C=O) groups excluding carboxylic acids is 1. The molecule has 0 amide bonds. The normalized spacial score (nSPS) is 18.6. The molecule has 1 nitrogen and oxygen atoms in total. The Labute approximate surface area is 126 Å². The van der Waals surface area contributed by atoms with Crippen LogP contribution in [0.2, 0.25) is 0 Å². The molecule has 3 rings (SSSR count). The first-order valence-corrected chi connectivity index (χ1v) is 8.50. The fourth-order valence-corrected chi connectivity index (χ4v) is 4.68. The van der Waals surface area contributed by atoms with Crippen LogP contribution in [0.15, 0.2) is 28.1 Å². The van der Waals surface area contributed by atoms with Crippen molar-refractivity contribution in [2.45, 2.75) is 39.0 Å². The van der Waals surface area contributed by atoms with E-state index in [9.17, 15) is 4.79 Å². The summed E-state index contributed by atoms with van der Waals surface area (Å²) in [6.07, 6.45) is 5.73. The van der Waals surface area contributed by atoms with E-state index in [1.807, 2.05) is 17.5 Å². The maximum atomic E-state index is 12.9. The van der Waals surface area contributed by atoms with E-state index in [0.29, 0.717) is 5.78 Å². The zero-order valence-corrected chi connectivity index (χ0v) is 13.4. The first-order valence-electron chi connectivity index (χ1n) is 6.82. The quantitative estimate of drug-likeness (QED) is 0.631. The van der Waals surface area contributed by atoms with Gasteiger partial charge in [0.2, 0.25) is 0 Å². The zero-order valence-electron chi connectivity index (χ0n) is 11.0. The van der Waals surface area contributed by atoms with Crippen molar-refractivity contribution in [2.75, 3.05) is 0 Å². The maximum Gasteiger partial charge on any atom is 0.170 e. The van der Waals surface area contributed by atoms with E-state index in [2.05, 4.69) is 28.9 Å². The Hall–Kier alpha value is -0.670. The molecule has 0 saturated heterocycles. The van der Waals surface area contributed by atoms with E-state index >= 15 is 0 Å². The molecule has 1 aromatic carbocycles. The lowest BCUT2D eigenvalue weighted by atomic mass is 9.71. The molecule has 100 valence electrons. The predicted octanol–water partition coefficient (Wildman–Crippen LogP) is 5.82. The minimum atomic E-state index is -0.144. The average molecular weight is 337 g/mol. The summed E-state index contributed by atoms with van der Waals surface area (Å²) in [5, 5.41) is 3.15. The van der Waals surface area contributed by atoms with Crippen LogP contribution in [0, 0.1) is 5.41 Å². The van der Waals surface area contributed by atoms with Crippen LogP contribution in [0.1, 0.15) is 49.4 Å². The Balaban J connectivity index is 2.04. The Morgan fingerprint density at radius 2 is 2.00 bits per heavy atom. The van der Waals surface area contributed by atoms with Gasteiger partial charge in [-0.2, -0.15) is 0 Å². The van der Waals surface area contributed by atoms with E-state index in [1.54, 1.807) is 11.3 Å². The predicted molar refractivity (Wildman–Crippen MR) is 85.0 cm³/mol. The number of ketones is 1. The van der Waals surface area contributed by atoms with Gasteiger partial charge >= 0.3 is 0 Å². The molecule has 0 atom stereocenters. The molecule has 1 aliphatic carbocycles. The molecule has 0 spiro atoms. The van der Waals surface area contributed by atoms with Crippen molar-refractivity contribution in [3.8, 4) is 0 Å². The minimum Gasteiger partial charge on any atom is -0.294 e. The number of hydrogen-bond acceptors (Lipinski definition) is 2. The summed E-state index contributed by atoms with van der Waals surface area (Å²) < 4.78 is 2.27. The van der Waals surface area contributed by atoms with Gasteiger partial charge < -0.3 is 0 Å². The lowest BCUT2D eigenvalue weighted by Gasteiger charge is -2.31. The van der Waals surface area contributed by atoms with Crippen LogP contribution >= 0.6 is 27.3 Å². The minimum absolute atomic E-state index is 0.144. The molecule has 3 heteroatoms. The van der Waals surface area contributed by atoms with Crippen LogP contribution in [0.5, 0.6) is 0 Å². The van der Waals surface area contributed by atoms with Crippen molar-refractivity contribution in [3.63, 3.8) is 0 Å². The van der Waals surface area contributed by atoms with Gasteiger partial charge in [-0.05, 0) is 34.8 Å². The molecule has 0 bridgehead atoms. The summed E-state index contributed by atoms with van der Waals surface area (Å²) in [6.45, 7) is 2.15. The third-order valence-electron chi connectivity index (χ3n) is 4.30. The highest BCUT2D eigenvalue weighted by molar-refractivity contribution is 9.10. The lowest BCUT2D eigenvalue weighted by molar-refractivity contribution is 0.0752. The molecule has 2 aromatic rings. The number of hydrogen-bond donors (Lipinski definition) is 0. The average Bonchev–Trinajstić information content (AvgIpc) is 2.84. The second kappa shape index (κ2) is 5.02. The number of rotatable bonds is 2. The fourth-order valence-electron chi connectivity index (χ4n) is 3.08. The largest absolute Gasteiger partial charge is 0.294 e. The summed E-state index contributed by atoms with van der Waals surface area (Å²) >= 11 is 5.23. The molecule has 19 heavy (non-hydrogen) atoms. The van der Waals surface area contributed by atoms with Crippen molar-refractivity contribution in [1.82, 2.24) is 0 Å². The van der Waals surface area contributed by atoms with Crippen molar-refractivity contribution in [1.29, 1.82) is 0 Å². The van der Waals surface area contributed by atoms with Gasteiger partial charge in [-0.25, -0.2) is 0 Å². The van der Waals surface area contributed by atoms with Gasteiger partial charge in [-0.3, -0.25) is 4.79 Å². The number of carbonyl (C=O) groups is 1. The van der Waals surface area contributed by atoms with E-state index in [0.717, 1.165) is 28.3 Å². The van der Waals surface area contributed by atoms with Gasteiger partial charge in [-0.15, -0.1) is 11.3 Å². The maximum absolute atomic E-state index is 12.9. The number of fused-ring (bicyclic) bond motifs is 1. The monoisotopic (exact) mass is 336 g/mol. The van der Waals surface area contributed by atoms with Gasteiger partial charge in [0.15, 0.2) is 5.78 Å². The third-order valence-corrected chi connectivity index (χ3v) is 6.25. The number of halogens is 1. The lowest BCUT2D eigenvalue weighted by Crippen LogP contribution is -2.30. The summed E-state index contributed by atoms with van der Waals surface area (Å²) in [7, 11) is 0. The van der Waals surface area contributed by atoms with Crippen LogP contribution < -0.4 is 0 Å². The summed E-state index contributed by atoms with van der Waals surface area (Å²) in [6, 6.07) is 6.12. The van der Waals surface area contributed by atoms with Gasteiger partial charge in [0.25, 0.3) is 0 Å². The van der Waals surface area contributed by atoms with Crippen LogP contribution in [-0.4, -0.2) is 5.78 Å². The van der Waals surface area contributed by atoms with Gasteiger partial charge in [0.05, 0.1) is 0 Å². The highest BCUT2D eigenvalue weighted by Crippen LogP contribution is 2.41. The fraction of sp³-hybridized carbons (Fsp3) is 0.438. The first kappa shape index (κ1) is 13.3. The van der Waals surface area contributed by atoms with Gasteiger partial charge in [0, 0.05) is 30.9 Å². The van der Waals surface area contributed by atoms with E-state index in [-0.39, 0.29) is 5.41 Å². The molecular formula is C16H17BrOS. The highest BCUT2D eigenvalue weighted by Gasteiger charge is 2.36. The van der Waals surface area contributed by atoms with Crippen molar-refractivity contribution in [2.24, 2.45) is 5.41 Å². The molecule has 0 unspecified atom stereocenters. The topological polar surface area (TPSA) is 17.1 Å². The molecule has 0 aliphatic heterocycles. The summed E-state index contributed by atoms with van der Waals surface area (Å²) in [5.74, 6) is 0.344. The third kappa shape index (κ3) is 2.27. The van der Waals surface area contributed by atoms with E-state index in [1.165, 1.54) is 24.0 Å². The zero-order chi connectivity index (χ0) is 13.5. The molecule has 1 aliphatic rings. The molecule has 0 radical (unpaired) electrons. The second-order valence-corrected chi connectivity index (χ2v) is 7.45. The standard InChI is InChI=1S/C16H17BrOS/c1-16(8-3-2-4-9-16)15(18)12-10-19-14-11(12)6-5-7-13(14)17/h5-7,10H,2-4,8-9H2,1H3. The summed E-state index contributed by atoms with van der Waals surface area (Å²) in [4.78, 5) is 12.9. The van der Waals surface area contributed by atoms with Crippen molar-refractivity contribution >= 4 is 43.1 Å². The first-order chi connectivity index (χ1) is 9.12. The molecule has 1 saturated carbocycles. The molecule has 1 heterocycles. The smallest absolute Gasteiger partial charge is 0.170 e. The number of benzene rings is 1.